The Bertz CT molecular complexity index is 816. The van der Waals surface area contributed by atoms with Gasteiger partial charge in [0.05, 0.1) is 0 Å². The van der Waals surface area contributed by atoms with Crippen molar-refractivity contribution in [2.45, 2.75) is 26.9 Å². The van der Waals surface area contributed by atoms with Gasteiger partial charge in [-0.15, -0.1) is 0 Å². The second-order valence-electron chi connectivity index (χ2n) is 6.45. The summed E-state index contributed by atoms with van der Waals surface area (Å²) in [5.74, 6) is 0. The Hall–Kier alpha value is -1.69. The number of rotatable bonds is 4. The van der Waals surface area contributed by atoms with Gasteiger partial charge in [0.15, 0.2) is 0 Å². The van der Waals surface area contributed by atoms with Crippen LogP contribution in [-0.4, -0.2) is 0 Å². The smallest absolute Gasteiger partial charge is 0.0148 e. The summed E-state index contributed by atoms with van der Waals surface area (Å²) in [6.45, 7) is 6.59. The van der Waals surface area contributed by atoms with E-state index in [2.05, 4.69) is 93.6 Å². The fourth-order valence-corrected chi connectivity index (χ4v) is 7.38. The molecule has 3 aromatic carbocycles. The average molecular weight is 350 g/mol. The highest BCUT2D eigenvalue weighted by atomic mass is 32.4. The maximum Gasteiger partial charge on any atom is 0.0148 e. The van der Waals surface area contributed by atoms with Crippen LogP contribution in [0.5, 0.6) is 0 Å². The zero-order chi connectivity index (χ0) is 17.2. The molecule has 0 nitrogen and oxygen atoms in total. The zero-order valence-electron chi connectivity index (χ0n) is 14.5. The highest BCUT2D eigenvalue weighted by Gasteiger charge is 2.24. The minimum Gasteiger partial charge on any atom is -0.0873 e. The Labute approximate surface area is 150 Å². The molecule has 0 unspecified atom stereocenters. The summed E-state index contributed by atoms with van der Waals surface area (Å²) in [6, 6.07) is 24.0. The summed E-state index contributed by atoms with van der Waals surface area (Å²) in [7, 11) is 0. The standard InChI is InChI=1S/C22H23PS/c1-17-14-18(2)22(19(3)15-17)16-23(24,20-10-6-4-7-11-20)21-12-8-5-9-13-21/h4-15H,16H2,1-3H3. The molecule has 0 spiro atoms. The SMILES string of the molecule is Cc1cc(C)c(CP(=S)(c2ccccc2)c2ccccc2)c(C)c1. The van der Waals surface area contributed by atoms with Gasteiger partial charge in [0, 0.05) is 12.2 Å². The Balaban J connectivity index is 2.16. The third-order valence-electron chi connectivity index (χ3n) is 4.57. The molecule has 0 N–H and O–H groups in total. The monoisotopic (exact) mass is 350 g/mol. The molecule has 24 heavy (non-hydrogen) atoms. The molecular formula is C22H23PS. The predicted molar refractivity (Wildman–Crippen MR) is 111 cm³/mol. The van der Waals surface area contributed by atoms with Crippen molar-refractivity contribution in [2.75, 3.05) is 0 Å². The molecule has 0 saturated heterocycles. The molecule has 0 aliphatic rings. The fourth-order valence-electron chi connectivity index (χ4n) is 3.35. The first kappa shape index (κ1) is 17.1. The van der Waals surface area contributed by atoms with Gasteiger partial charge in [-0.25, -0.2) is 0 Å². The molecule has 3 rings (SSSR count). The van der Waals surface area contributed by atoms with Gasteiger partial charge in [0.25, 0.3) is 0 Å². The van der Waals surface area contributed by atoms with E-state index in [0.717, 1.165) is 6.16 Å². The van der Waals surface area contributed by atoms with Gasteiger partial charge in [0.2, 0.25) is 0 Å². The molecule has 0 radical (unpaired) electrons. The molecule has 0 aliphatic carbocycles. The molecule has 0 amide bonds. The Morgan fingerprint density at radius 2 is 1.12 bits per heavy atom. The molecular weight excluding hydrogens is 327 g/mol. The fraction of sp³-hybridized carbons (Fsp3) is 0.182. The van der Waals surface area contributed by atoms with Crippen LogP contribution in [0.25, 0.3) is 0 Å². The molecule has 0 aromatic heterocycles. The highest BCUT2D eigenvalue weighted by molar-refractivity contribution is 8.21. The Morgan fingerprint density at radius 3 is 1.54 bits per heavy atom. The van der Waals surface area contributed by atoms with Crippen molar-refractivity contribution < 1.29 is 0 Å². The summed E-state index contributed by atoms with van der Waals surface area (Å²) >= 11 is 6.38. The van der Waals surface area contributed by atoms with Crippen LogP contribution < -0.4 is 10.6 Å². The lowest BCUT2D eigenvalue weighted by atomic mass is 10.0. The number of hydrogen-bond acceptors (Lipinski definition) is 1. The van der Waals surface area contributed by atoms with E-state index in [1.807, 2.05) is 0 Å². The van der Waals surface area contributed by atoms with Crippen molar-refractivity contribution >= 4 is 28.5 Å². The Morgan fingerprint density at radius 1 is 0.708 bits per heavy atom. The number of hydrogen-bond donors (Lipinski definition) is 0. The van der Waals surface area contributed by atoms with Gasteiger partial charge in [0.1, 0.15) is 0 Å². The van der Waals surface area contributed by atoms with Crippen molar-refractivity contribution in [3.8, 4) is 0 Å². The lowest BCUT2D eigenvalue weighted by molar-refractivity contribution is 1.21. The van der Waals surface area contributed by atoms with Gasteiger partial charge in [-0.3, -0.25) is 0 Å². The van der Waals surface area contributed by atoms with E-state index in [1.165, 1.54) is 32.9 Å². The molecule has 0 saturated carbocycles. The van der Waals surface area contributed by atoms with Crippen LogP contribution in [0.3, 0.4) is 0 Å². The number of benzene rings is 3. The minimum absolute atomic E-state index is 0.939. The molecule has 2 heteroatoms. The molecule has 0 bridgehead atoms. The summed E-state index contributed by atoms with van der Waals surface area (Å²) in [6.07, 6.45) is 0.939. The first-order chi connectivity index (χ1) is 11.5. The van der Waals surface area contributed by atoms with E-state index in [4.69, 9.17) is 11.8 Å². The molecule has 0 atom stereocenters. The van der Waals surface area contributed by atoms with Gasteiger partial charge < -0.3 is 0 Å². The van der Waals surface area contributed by atoms with E-state index in [1.54, 1.807) is 0 Å². The maximum atomic E-state index is 6.38. The van der Waals surface area contributed by atoms with Crippen molar-refractivity contribution in [1.82, 2.24) is 0 Å². The summed E-state index contributed by atoms with van der Waals surface area (Å²) in [5.41, 5.74) is 5.44. The third kappa shape index (κ3) is 3.38. The van der Waals surface area contributed by atoms with Gasteiger partial charge in [-0.05, 0) is 48.1 Å². The highest BCUT2D eigenvalue weighted by Crippen LogP contribution is 2.48. The van der Waals surface area contributed by atoms with Crippen LogP contribution in [0, 0.1) is 20.8 Å². The first-order valence-electron chi connectivity index (χ1n) is 8.28. The summed E-state index contributed by atoms with van der Waals surface area (Å²) < 4.78 is 0. The molecule has 3 aromatic rings. The Kier molecular flexibility index (Phi) is 5.04. The zero-order valence-corrected chi connectivity index (χ0v) is 16.2. The number of aryl methyl sites for hydroxylation is 3. The van der Waals surface area contributed by atoms with Crippen LogP contribution in [0.2, 0.25) is 0 Å². The topological polar surface area (TPSA) is 0 Å². The lowest BCUT2D eigenvalue weighted by Gasteiger charge is -2.25. The maximum absolute atomic E-state index is 6.38. The second-order valence-corrected chi connectivity index (χ2v) is 11.1. The first-order valence-corrected chi connectivity index (χ1v) is 11.3. The van der Waals surface area contributed by atoms with Crippen molar-refractivity contribution in [1.29, 1.82) is 0 Å². The molecule has 0 fully saturated rings. The average Bonchev–Trinajstić information content (AvgIpc) is 2.59. The van der Waals surface area contributed by atoms with Crippen LogP contribution >= 0.6 is 6.04 Å². The van der Waals surface area contributed by atoms with Crippen LogP contribution in [-0.2, 0) is 18.0 Å². The van der Waals surface area contributed by atoms with E-state index in [9.17, 15) is 0 Å². The summed E-state index contributed by atoms with van der Waals surface area (Å²) in [5, 5.41) is 2.59. The molecule has 0 heterocycles. The third-order valence-corrected chi connectivity index (χ3v) is 9.25. The predicted octanol–water partition coefficient (Wildman–Crippen LogP) is 5.24. The quantitative estimate of drug-likeness (QED) is 0.580. The van der Waals surface area contributed by atoms with Crippen LogP contribution in [0.15, 0.2) is 72.8 Å². The van der Waals surface area contributed by atoms with E-state index in [0.29, 0.717) is 0 Å². The van der Waals surface area contributed by atoms with E-state index in [-0.39, 0.29) is 0 Å². The van der Waals surface area contributed by atoms with Crippen LogP contribution in [0.1, 0.15) is 22.3 Å². The van der Waals surface area contributed by atoms with E-state index < -0.39 is 6.04 Å². The minimum atomic E-state index is -1.88. The van der Waals surface area contributed by atoms with Crippen LogP contribution in [0.4, 0.5) is 0 Å². The van der Waals surface area contributed by atoms with Gasteiger partial charge in [-0.2, -0.15) is 0 Å². The lowest BCUT2D eigenvalue weighted by Crippen LogP contribution is -2.18. The van der Waals surface area contributed by atoms with E-state index >= 15 is 0 Å². The second kappa shape index (κ2) is 7.05. The summed E-state index contributed by atoms with van der Waals surface area (Å²) in [4.78, 5) is 0. The normalized spacial score (nSPS) is 11.5. The van der Waals surface area contributed by atoms with Crippen molar-refractivity contribution in [3.05, 3.63) is 95.1 Å². The van der Waals surface area contributed by atoms with Crippen molar-refractivity contribution in [3.63, 3.8) is 0 Å². The van der Waals surface area contributed by atoms with Gasteiger partial charge >= 0.3 is 0 Å². The molecule has 0 aliphatic heterocycles. The molecule has 122 valence electrons. The van der Waals surface area contributed by atoms with Gasteiger partial charge in [-0.1, -0.05) is 90.2 Å². The van der Waals surface area contributed by atoms with Crippen molar-refractivity contribution in [2.24, 2.45) is 0 Å². The largest absolute Gasteiger partial charge is 0.0873 e.